The Kier molecular flexibility index (Phi) is 3.16. The minimum atomic E-state index is -0.465. The molecule has 0 N–H and O–H groups in total. The zero-order valence-corrected chi connectivity index (χ0v) is 11.2. The Balaban J connectivity index is 2.40. The predicted octanol–water partition coefficient (Wildman–Crippen LogP) is 4.22. The van der Waals surface area contributed by atoms with Crippen molar-refractivity contribution in [1.29, 1.82) is 0 Å². The highest BCUT2D eigenvalue weighted by atomic mass is 32.1. The van der Waals surface area contributed by atoms with E-state index in [9.17, 15) is 4.79 Å². The van der Waals surface area contributed by atoms with E-state index in [2.05, 4.69) is 0 Å². The molecule has 1 heterocycles. The Morgan fingerprint density at radius 2 is 1.76 bits per heavy atom. The second-order valence-corrected chi connectivity index (χ2v) is 5.83. The van der Waals surface area contributed by atoms with Gasteiger partial charge < -0.3 is 0 Å². The summed E-state index contributed by atoms with van der Waals surface area (Å²) >= 11 is 1.62. The number of Topliss-reactive ketones (excluding diaryl/α,β-unsaturated/α-hetero) is 1. The summed E-state index contributed by atoms with van der Waals surface area (Å²) < 4.78 is 0. The van der Waals surface area contributed by atoms with Crippen molar-refractivity contribution in [2.24, 2.45) is 0 Å². The van der Waals surface area contributed by atoms with Crippen molar-refractivity contribution in [1.82, 2.24) is 0 Å². The zero-order chi connectivity index (χ0) is 12.5. The highest BCUT2D eigenvalue weighted by Crippen LogP contribution is 2.30. The molecule has 2 aromatic rings. The molecule has 1 aromatic heterocycles. The fourth-order valence-electron chi connectivity index (χ4n) is 1.94. The Bertz CT molecular complexity index is 523. The van der Waals surface area contributed by atoms with Gasteiger partial charge in [-0.2, -0.15) is 0 Å². The molecule has 0 aliphatic heterocycles. The van der Waals surface area contributed by atoms with Crippen LogP contribution in [0, 0.1) is 6.92 Å². The van der Waals surface area contributed by atoms with Crippen molar-refractivity contribution in [2.45, 2.75) is 26.2 Å². The van der Waals surface area contributed by atoms with Gasteiger partial charge in [0.25, 0.3) is 0 Å². The largest absolute Gasteiger partial charge is 0.293 e. The standard InChI is InChI=1S/C15H16OS/c1-11-13(9-10-17-11)14(16)15(2,3)12-7-5-4-6-8-12/h4-10H,1-3H3. The third-order valence-corrected chi connectivity index (χ3v) is 4.01. The molecule has 2 rings (SSSR count). The van der Waals surface area contributed by atoms with Crippen LogP contribution < -0.4 is 0 Å². The van der Waals surface area contributed by atoms with Gasteiger partial charge in [0, 0.05) is 10.4 Å². The molecule has 88 valence electrons. The first-order chi connectivity index (χ1) is 8.03. The van der Waals surface area contributed by atoms with Gasteiger partial charge in [-0.15, -0.1) is 11.3 Å². The Morgan fingerprint density at radius 1 is 1.12 bits per heavy atom. The number of carbonyl (C=O) groups excluding carboxylic acids is 1. The molecular formula is C15H16OS. The quantitative estimate of drug-likeness (QED) is 0.739. The zero-order valence-electron chi connectivity index (χ0n) is 10.4. The molecule has 2 heteroatoms. The fraction of sp³-hybridized carbons (Fsp3) is 0.267. The molecule has 0 radical (unpaired) electrons. The normalized spacial score (nSPS) is 11.5. The maximum Gasteiger partial charge on any atom is 0.173 e. The summed E-state index contributed by atoms with van der Waals surface area (Å²) in [6, 6.07) is 11.9. The summed E-state index contributed by atoms with van der Waals surface area (Å²) in [5.41, 5.74) is 1.45. The van der Waals surface area contributed by atoms with Crippen molar-refractivity contribution in [3.63, 3.8) is 0 Å². The van der Waals surface area contributed by atoms with Gasteiger partial charge in [-0.1, -0.05) is 30.3 Å². The molecule has 1 aromatic carbocycles. The van der Waals surface area contributed by atoms with Gasteiger partial charge in [0.05, 0.1) is 5.41 Å². The summed E-state index contributed by atoms with van der Waals surface area (Å²) in [5, 5.41) is 1.98. The number of carbonyl (C=O) groups is 1. The maximum absolute atomic E-state index is 12.6. The molecule has 0 aliphatic carbocycles. The van der Waals surface area contributed by atoms with Crippen LogP contribution in [0.4, 0.5) is 0 Å². The Hall–Kier alpha value is -1.41. The lowest BCUT2D eigenvalue weighted by atomic mass is 9.78. The molecule has 0 saturated carbocycles. The summed E-state index contributed by atoms with van der Waals surface area (Å²) in [6.07, 6.45) is 0. The lowest BCUT2D eigenvalue weighted by Crippen LogP contribution is -2.29. The van der Waals surface area contributed by atoms with Crippen LogP contribution in [0.2, 0.25) is 0 Å². The number of thiophene rings is 1. The second-order valence-electron chi connectivity index (χ2n) is 4.71. The van der Waals surface area contributed by atoms with Gasteiger partial charge in [0.15, 0.2) is 5.78 Å². The van der Waals surface area contributed by atoms with E-state index >= 15 is 0 Å². The van der Waals surface area contributed by atoms with Gasteiger partial charge in [0.2, 0.25) is 0 Å². The van der Waals surface area contributed by atoms with Gasteiger partial charge in [-0.3, -0.25) is 4.79 Å². The molecule has 0 bridgehead atoms. The number of rotatable bonds is 3. The molecular weight excluding hydrogens is 228 g/mol. The van der Waals surface area contributed by atoms with Crippen molar-refractivity contribution in [2.75, 3.05) is 0 Å². The summed E-state index contributed by atoms with van der Waals surface area (Å²) in [5.74, 6) is 0.197. The molecule has 0 saturated heterocycles. The Labute approximate surface area is 106 Å². The third-order valence-electron chi connectivity index (χ3n) is 3.17. The van der Waals surface area contributed by atoms with E-state index in [-0.39, 0.29) is 5.78 Å². The first-order valence-corrected chi connectivity index (χ1v) is 6.56. The highest BCUT2D eigenvalue weighted by Gasteiger charge is 2.31. The number of hydrogen-bond acceptors (Lipinski definition) is 2. The van der Waals surface area contributed by atoms with Crippen LogP contribution in [0.5, 0.6) is 0 Å². The van der Waals surface area contributed by atoms with Crippen LogP contribution in [0.25, 0.3) is 0 Å². The van der Waals surface area contributed by atoms with Gasteiger partial charge in [-0.05, 0) is 37.8 Å². The second kappa shape index (κ2) is 4.46. The monoisotopic (exact) mass is 244 g/mol. The molecule has 0 fully saturated rings. The van der Waals surface area contributed by atoms with Gasteiger partial charge >= 0.3 is 0 Å². The van der Waals surface area contributed by atoms with E-state index in [4.69, 9.17) is 0 Å². The molecule has 1 nitrogen and oxygen atoms in total. The number of ketones is 1. The third kappa shape index (κ3) is 2.18. The summed E-state index contributed by atoms with van der Waals surface area (Å²) in [6.45, 7) is 5.97. The van der Waals surface area contributed by atoms with Crippen LogP contribution in [0.1, 0.15) is 34.6 Å². The first-order valence-electron chi connectivity index (χ1n) is 5.68. The molecule has 0 spiro atoms. The van der Waals surface area contributed by atoms with E-state index in [1.165, 1.54) is 0 Å². The van der Waals surface area contributed by atoms with Crippen LogP contribution >= 0.6 is 11.3 Å². The van der Waals surface area contributed by atoms with E-state index in [1.54, 1.807) is 11.3 Å². The topological polar surface area (TPSA) is 17.1 Å². The minimum Gasteiger partial charge on any atom is -0.293 e. The van der Waals surface area contributed by atoms with E-state index < -0.39 is 5.41 Å². The minimum absolute atomic E-state index is 0.197. The fourth-order valence-corrected chi connectivity index (χ4v) is 2.64. The SMILES string of the molecule is Cc1sccc1C(=O)C(C)(C)c1ccccc1. The molecule has 0 amide bonds. The lowest BCUT2D eigenvalue weighted by molar-refractivity contribution is 0.0908. The highest BCUT2D eigenvalue weighted by molar-refractivity contribution is 7.10. The van der Waals surface area contributed by atoms with Crippen LogP contribution in [-0.2, 0) is 5.41 Å². The van der Waals surface area contributed by atoms with Crippen LogP contribution in [-0.4, -0.2) is 5.78 Å². The van der Waals surface area contributed by atoms with E-state index in [1.807, 2.05) is 62.5 Å². The van der Waals surface area contributed by atoms with Gasteiger partial charge in [-0.25, -0.2) is 0 Å². The predicted molar refractivity (Wildman–Crippen MR) is 72.9 cm³/mol. The van der Waals surface area contributed by atoms with E-state index in [0.717, 1.165) is 16.0 Å². The summed E-state index contributed by atoms with van der Waals surface area (Å²) in [4.78, 5) is 13.7. The van der Waals surface area contributed by atoms with E-state index in [0.29, 0.717) is 0 Å². The molecule has 17 heavy (non-hydrogen) atoms. The molecule has 0 atom stereocenters. The number of hydrogen-bond donors (Lipinski definition) is 0. The lowest BCUT2D eigenvalue weighted by Gasteiger charge is -2.23. The van der Waals surface area contributed by atoms with Crippen molar-refractivity contribution in [3.8, 4) is 0 Å². The van der Waals surface area contributed by atoms with Crippen LogP contribution in [0.3, 0.4) is 0 Å². The average molecular weight is 244 g/mol. The molecule has 0 unspecified atom stereocenters. The Morgan fingerprint density at radius 3 is 2.29 bits per heavy atom. The molecule has 0 aliphatic rings. The maximum atomic E-state index is 12.6. The summed E-state index contributed by atoms with van der Waals surface area (Å²) in [7, 11) is 0. The van der Waals surface area contributed by atoms with Crippen molar-refractivity contribution in [3.05, 3.63) is 57.8 Å². The number of aryl methyl sites for hydroxylation is 1. The smallest absolute Gasteiger partial charge is 0.173 e. The first kappa shape index (κ1) is 12.1. The van der Waals surface area contributed by atoms with Crippen molar-refractivity contribution >= 4 is 17.1 Å². The van der Waals surface area contributed by atoms with Gasteiger partial charge in [0.1, 0.15) is 0 Å². The van der Waals surface area contributed by atoms with Crippen LogP contribution in [0.15, 0.2) is 41.8 Å². The van der Waals surface area contributed by atoms with Crippen molar-refractivity contribution < 1.29 is 4.79 Å². The number of benzene rings is 1. The average Bonchev–Trinajstić information content (AvgIpc) is 2.75.